The molecule has 0 aliphatic rings. The van der Waals surface area contributed by atoms with Crippen LogP contribution in [0.1, 0.15) is 10.4 Å². The predicted octanol–water partition coefficient (Wildman–Crippen LogP) is 5.68. The van der Waals surface area contributed by atoms with Gasteiger partial charge >= 0.3 is 0 Å². The van der Waals surface area contributed by atoms with Crippen LogP contribution in [0.2, 0.25) is 0 Å². The van der Waals surface area contributed by atoms with Crippen molar-refractivity contribution in [2.45, 2.75) is 10.1 Å². The number of aromatic nitrogens is 3. The summed E-state index contributed by atoms with van der Waals surface area (Å²) in [6.07, 6.45) is 5.27. The molecule has 9 heteroatoms. The lowest BCUT2D eigenvalue weighted by Crippen LogP contribution is -2.11. The number of rotatable bonds is 6. The van der Waals surface area contributed by atoms with Crippen molar-refractivity contribution in [3.63, 3.8) is 0 Å². The summed E-state index contributed by atoms with van der Waals surface area (Å²) in [7, 11) is 1.93. The maximum atomic E-state index is 12.8. The standard InChI is InChI=1S/C20H15IN4O2S2/c1-25-8-6-23-20(25)29-17-11-13(18(26)24-19-22-7-9-28-19)10-16(12-17)27-15-4-2-14(21)3-5-15/h2-12H,1H3,(H,22,24,26). The van der Waals surface area contributed by atoms with E-state index in [0.717, 1.165) is 13.6 Å². The van der Waals surface area contributed by atoms with E-state index in [-0.39, 0.29) is 5.91 Å². The zero-order chi connectivity index (χ0) is 20.2. The summed E-state index contributed by atoms with van der Waals surface area (Å²) in [6, 6.07) is 13.2. The summed E-state index contributed by atoms with van der Waals surface area (Å²) in [5.74, 6) is 1.04. The summed E-state index contributed by atoms with van der Waals surface area (Å²) < 4.78 is 9.06. The van der Waals surface area contributed by atoms with Gasteiger partial charge in [-0.3, -0.25) is 10.1 Å². The molecule has 0 unspecified atom stereocenters. The van der Waals surface area contributed by atoms with Gasteiger partial charge in [-0.1, -0.05) is 11.8 Å². The zero-order valence-corrected chi connectivity index (χ0v) is 19.0. The lowest BCUT2D eigenvalue weighted by Gasteiger charge is -2.11. The number of anilines is 1. The number of aryl methyl sites for hydroxylation is 1. The third-order valence-corrected chi connectivity index (χ3v) is 6.29. The third-order valence-electron chi connectivity index (χ3n) is 3.83. The van der Waals surface area contributed by atoms with Gasteiger partial charge in [-0.25, -0.2) is 9.97 Å². The van der Waals surface area contributed by atoms with Gasteiger partial charge in [0.1, 0.15) is 11.5 Å². The number of hydrogen-bond acceptors (Lipinski definition) is 6. The fourth-order valence-electron chi connectivity index (χ4n) is 2.47. The Bertz CT molecular complexity index is 1130. The third kappa shape index (κ3) is 5.17. The molecule has 1 N–H and O–H groups in total. The zero-order valence-electron chi connectivity index (χ0n) is 15.2. The second kappa shape index (κ2) is 8.97. The van der Waals surface area contributed by atoms with Gasteiger partial charge in [0, 0.05) is 45.0 Å². The number of carbonyl (C=O) groups is 1. The number of halogens is 1. The number of hydrogen-bond donors (Lipinski definition) is 1. The molecular formula is C20H15IN4O2S2. The molecule has 0 fully saturated rings. The number of amides is 1. The largest absolute Gasteiger partial charge is 0.457 e. The second-order valence-electron chi connectivity index (χ2n) is 5.96. The van der Waals surface area contributed by atoms with E-state index in [2.05, 4.69) is 37.9 Å². The Kier molecular flexibility index (Phi) is 6.16. The summed E-state index contributed by atoms with van der Waals surface area (Å²) in [5, 5.41) is 6.00. The first kappa shape index (κ1) is 19.9. The van der Waals surface area contributed by atoms with Crippen LogP contribution in [0.25, 0.3) is 0 Å². The van der Waals surface area contributed by atoms with Crippen LogP contribution < -0.4 is 10.1 Å². The SMILES string of the molecule is Cn1ccnc1Sc1cc(Oc2ccc(I)cc2)cc(C(=O)Nc2nccs2)c1. The highest BCUT2D eigenvalue weighted by Crippen LogP contribution is 2.32. The number of imidazole rings is 1. The van der Waals surface area contributed by atoms with E-state index in [1.165, 1.54) is 23.1 Å². The quantitative estimate of drug-likeness (QED) is 0.323. The molecule has 2 heterocycles. The molecule has 146 valence electrons. The minimum absolute atomic E-state index is 0.241. The van der Waals surface area contributed by atoms with Crippen molar-refractivity contribution < 1.29 is 9.53 Å². The number of nitrogens with one attached hydrogen (secondary N) is 1. The normalized spacial score (nSPS) is 10.7. The molecule has 2 aromatic heterocycles. The minimum atomic E-state index is -0.241. The molecular weight excluding hydrogens is 519 g/mol. The van der Waals surface area contributed by atoms with E-state index >= 15 is 0 Å². The van der Waals surface area contributed by atoms with Crippen LogP contribution in [0.4, 0.5) is 5.13 Å². The molecule has 2 aromatic carbocycles. The molecule has 0 radical (unpaired) electrons. The minimum Gasteiger partial charge on any atom is -0.457 e. The number of benzene rings is 2. The lowest BCUT2D eigenvalue weighted by molar-refractivity contribution is 0.102. The molecule has 0 atom stereocenters. The van der Waals surface area contributed by atoms with Gasteiger partial charge in [-0.05, 0) is 65.1 Å². The molecule has 0 saturated carbocycles. The first-order valence-corrected chi connectivity index (χ1v) is 11.3. The topological polar surface area (TPSA) is 69.0 Å². The van der Waals surface area contributed by atoms with Crippen molar-refractivity contribution in [3.05, 3.63) is 75.6 Å². The van der Waals surface area contributed by atoms with Gasteiger partial charge in [-0.2, -0.15) is 0 Å². The van der Waals surface area contributed by atoms with E-state index in [1.54, 1.807) is 18.5 Å². The van der Waals surface area contributed by atoms with Crippen LogP contribution in [-0.2, 0) is 7.05 Å². The Morgan fingerprint density at radius 3 is 2.66 bits per heavy atom. The Morgan fingerprint density at radius 1 is 1.14 bits per heavy atom. The van der Waals surface area contributed by atoms with Crippen molar-refractivity contribution in [1.29, 1.82) is 0 Å². The predicted molar refractivity (Wildman–Crippen MR) is 123 cm³/mol. The second-order valence-corrected chi connectivity index (χ2v) is 9.14. The molecule has 0 bridgehead atoms. The van der Waals surface area contributed by atoms with Gasteiger partial charge in [0.2, 0.25) is 0 Å². The van der Waals surface area contributed by atoms with E-state index in [1.807, 2.05) is 59.6 Å². The molecule has 0 aliphatic heterocycles. The first-order valence-electron chi connectivity index (χ1n) is 8.51. The average Bonchev–Trinajstić information content (AvgIpc) is 3.36. The molecule has 0 saturated heterocycles. The van der Waals surface area contributed by atoms with E-state index in [4.69, 9.17) is 4.74 Å². The molecule has 4 rings (SSSR count). The van der Waals surface area contributed by atoms with Crippen molar-refractivity contribution >= 4 is 56.7 Å². The number of ether oxygens (including phenoxy) is 1. The highest BCUT2D eigenvalue weighted by Gasteiger charge is 2.13. The molecule has 6 nitrogen and oxygen atoms in total. The number of thiazole rings is 1. The Labute approximate surface area is 189 Å². The Balaban J connectivity index is 1.65. The molecule has 0 spiro atoms. The van der Waals surface area contributed by atoms with Crippen molar-refractivity contribution in [3.8, 4) is 11.5 Å². The van der Waals surface area contributed by atoms with Gasteiger partial charge in [0.15, 0.2) is 10.3 Å². The highest BCUT2D eigenvalue weighted by molar-refractivity contribution is 14.1. The molecule has 4 aromatic rings. The molecule has 0 aliphatic carbocycles. The van der Waals surface area contributed by atoms with E-state index in [0.29, 0.717) is 22.2 Å². The fourth-order valence-corrected chi connectivity index (χ4v) is 4.24. The molecule has 1 amide bonds. The maximum absolute atomic E-state index is 12.8. The highest BCUT2D eigenvalue weighted by atomic mass is 127. The average molecular weight is 534 g/mol. The van der Waals surface area contributed by atoms with E-state index < -0.39 is 0 Å². The van der Waals surface area contributed by atoms with Crippen molar-refractivity contribution in [2.75, 3.05) is 5.32 Å². The van der Waals surface area contributed by atoms with Crippen molar-refractivity contribution in [2.24, 2.45) is 7.05 Å². The van der Waals surface area contributed by atoms with Gasteiger partial charge in [0.05, 0.1) is 0 Å². The Hall–Kier alpha value is -2.37. The van der Waals surface area contributed by atoms with Crippen LogP contribution in [0, 0.1) is 3.57 Å². The van der Waals surface area contributed by atoms with Gasteiger partial charge in [-0.15, -0.1) is 11.3 Å². The smallest absolute Gasteiger partial charge is 0.257 e. The van der Waals surface area contributed by atoms with Gasteiger partial charge in [0.25, 0.3) is 5.91 Å². The summed E-state index contributed by atoms with van der Waals surface area (Å²) in [6.45, 7) is 0. The van der Waals surface area contributed by atoms with Gasteiger partial charge < -0.3 is 9.30 Å². The van der Waals surface area contributed by atoms with Crippen LogP contribution in [0.3, 0.4) is 0 Å². The molecule has 29 heavy (non-hydrogen) atoms. The fraction of sp³-hybridized carbons (Fsp3) is 0.0500. The monoisotopic (exact) mass is 534 g/mol. The summed E-state index contributed by atoms with van der Waals surface area (Å²) >= 11 is 5.08. The number of nitrogens with zero attached hydrogens (tertiary/aromatic N) is 3. The van der Waals surface area contributed by atoms with Crippen LogP contribution in [-0.4, -0.2) is 20.4 Å². The maximum Gasteiger partial charge on any atom is 0.257 e. The first-order chi connectivity index (χ1) is 14.1. The number of carbonyl (C=O) groups excluding carboxylic acids is 1. The lowest BCUT2D eigenvalue weighted by atomic mass is 10.2. The summed E-state index contributed by atoms with van der Waals surface area (Å²) in [5.41, 5.74) is 0.486. The Morgan fingerprint density at radius 2 is 1.97 bits per heavy atom. The van der Waals surface area contributed by atoms with E-state index in [9.17, 15) is 4.79 Å². The van der Waals surface area contributed by atoms with Crippen LogP contribution >= 0.6 is 45.7 Å². The van der Waals surface area contributed by atoms with Crippen LogP contribution in [0.5, 0.6) is 11.5 Å². The van der Waals surface area contributed by atoms with Crippen molar-refractivity contribution in [1.82, 2.24) is 14.5 Å². The summed E-state index contributed by atoms with van der Waals surface area (Å²) in [4.78, 5) is 22.1. The van der Waals surface area contributed by atoms with Crippen LogP contribution in [0.15, 0.2) is 76.5 Å².